The van der Waals surface area contributed by atoms with Crippen molar-refractivity contribution in [1.29, 1.82) is 0 Å². The van der Waals surface area contributed by atoms with E-state index in [2.05, 4.69) is 11.8 Å². The molecular formula is C17H15FO2. The quantitative estimate of drug-likeness (QED) is 0.865. The summed E-state index contributed by atoms with van der Waals surface area (Å²) in [7, 11) is 0. The molecule has 0 aliphatic carbocycles. The maximum absolute atomic E-state index is 13.1. The highest BCUT2D eigenvalue weighted by atomic mass is 19.1. The number of aliphatic hydroxyl groups excluding tert-OH is 1. The van der Waals surface area contributed by atoms with E-state index < -0.39 is 0 Å². The SMILES string of the molecule is OCCC#Cc1ccccc1OCc1cccc(F)c1. The predicted molar refractivity (Wildman–Crippen MR) is 75.8 cm³/mol. The lowest BCUT2D eigenvalue weighted by atomic mass is 10.2. The lowest BCUT2D eigenvalue weighted by Crippen LogP contribution is -1.97. The van der Waals surface area contributed by atoms with Crippen LogP contribution < -0.4 is 4.74 Å². The van der Waals surface area contributed by atoms with Gasteiger partial charge in [-0.3, -0.25) is 0 Å². The molecule has 2 aromatic rings. The zero-order chi connectivity index (χ0) is 14.2. The smallest absolute Gasteiger partial charge is 0.135 e. The van der Waals surface area contributed by atoms with Crippen molar-refractivity contribution >= 4 is 0 Å². The first-order valence-corrected chi connectivity index (χ1v) is 6.35. The van der Waals surface area contributed by atoms with Crippen LogP contribution in [0.15, 0.2) is 48.5 Å². The summed E-state index contributed by atoms with van der Waals surface area (Å²) in [6.07, 6.45) is 0.429. The van der Waals surface area contributed by atoms with E-state index >= 15 is 0 Å². The summed E-state index contributed by atoms with van der Waals surface area (Å²) in [5.41, 5.74) is 1.53. The van der Waals surface area contributed by atoms with Crippen LogP contribution in [-0.4, -0.2) is 11.7 Å². The van der Waals surface area contributed by atoms with Gasteiger partial charge in [0.05, 0.1) is 12.2 Å². The van der Waals surface area contributed by atoms with Crippen LogP contribution in [0.1, 0.15) is 17.5 Å². The second-order valence-electron chi connectivity index (χ2n) is 4.19. The molecule has 0 heterocycles. The summed E-state index contributed by atoms with van der Waals surface area (Å²) in [5, 5.41) is 8.72. The van der Waals surface area contributed by atoms with Gasteiger partial charge in [0.1, 0.15) is 18.2 Å². The van der Waals surface area contributed by atoms with Crippen LogP contribution in [0.3, 0.4) is 0 Å². The van der Waals surface area contributed by atoms with Gasteiger partial charge in [0.25, 0.3) is 0 Å². The van der Waals surface area contributed by atoms with Crippen LogP contribution in [0.5, 0.6) is 5.75 Å². The number of benzene rings is 2. The molecule has 3 heteroatoms. The predicted octanol–water partition coefficient (Wildman–Crippen LogP) is 3.14. The van der Waals surface area contributed by atoms with E-state index in [-0.39, 0.29) is 19.0 Å². The van der Waals surface area contributed by atoms with E-state index in [4.69, 9.17) is 9.84 Å². The number of hydrogen-bond acceptors (Lipinski definition) is 2. The van der Waals surface area contributed by atoms with E-state index in [0.29, 0.717) is 12.2 Å². The Hall–Kier alpha value is -2.31. The fraction of sp³-hybridized carbons (Fsp3) is 0.176. The minimum absolute atomic E-state index is 0.0410. The molecule has 0 aliphatic rings. The Bertz CT molecular complexity index is 626. The van der Waals surface area contributed by atoms with Crippen molar-refractivity contribution < 1.29 is 14.2 Å². The molecule has 20 heavy (non-hydrogen) atoms. The first kappa shape index (κ1) is 14.1. The fourth-order valence-corrected chi connectivity index (χ4v) is 1.70. The van der Waals surface area contributed by atoms with Crippen molar-refractivity contribution in [3.63, 3.8) is 0 Å². The van der Waals surface area contributed by atoms with Gasteiger partial charge in [-0.05, 0) is 29.8 Å². The van der Waals surface area contributed by atoms with E-state index in [0.717, 1.165) is 11.1 Å². The fourth-order valence-electron chi connectivity index (χ4n) is 1.70. The minimum atomic E-state index is -0.276. The molecule has 0 aliphatic heterocycles. The summed E-state index contributed by atoms with van der Waals surface area (Å²) < 4.78 is 18.8. The molecule has 0 spiro atoms. The molecule has 0 fully saturated rings. The molecule has 2 aromatic carbocycles. The first-order chi connectivity index (χ1) is 9.79. The Balaban J connectivity index is 2.08. The monoisotopic (exact) mass is 270 g/mol. The molecule has 1 N–H and O–H groups in total. The van der Waals surface area contributed by atoms with Gasteiger partial charge in [-0.1, -0.05) is 36.1 Å². The van der Waals surface area contributed by atoms with Crippen molar-refractivity contribution in [3.05, 3.63) is 65.5 Å². The van der Waals surface area contributed by atoms with Gasteiger partial charge in [-0.15, -0.1) is 0 Å². The van der Waals surface area contributed by atoms with Gasteiger partial charge in [-0.2, -0.15) is 0 Å². The third-order valence-corrected chi connectivity index (χ3v) is 2.63. The lowest BCUT2D eigenvalue weighted by Gasteiger charge is -2.08. The molecule has 0 saturated carbocycles. The normalized spacial score (nSPS) is 9.70. The summed E-state index contributed by atoms with van der Waals surface area (Å²) >= 11 is 0. The zero-order valence-corrected chi connectivity index (χ0v) is 11.0. The summed E-state index contributed by atoms with van der Waals surface area (Å²) in [5.74, 6) is 6.19. The third kappa shape index (κ3) is 4.11. The Kier molecular flexibility index (Phi) is 5.16. The highest BCUT2D eigenvalue weighted by molar-refractivity contribution is 5.45. The molecule has 0 bridgehead atoms. The van der Waals surface area contributed by atoms with Crippen molar-refractivity contribution in [2.75, 3.05) is 6.61 Å². The Labute approximate surface area is 117 Å². The second kappa shape index (κ2) is 7.32. The Morgan fingerprint density at radius 3 is 2.75 bits per heavy atom. The molecule has 0 amide bonds. The van der Waals surface area contributed by atoms with Gasteiger partial charge in [0.15, 0.2) is 0 Å². The minimum Gasteiger partial charge on any atom is -0.488 e. The van der Waals surface area contributed by atoms with Crippen LogP contribution in [0.25, 0.3) is 0 Å². The van der Waals surface area contributed by atoms with Crippen LogP contribution in [0.4, 0.5) is 4.39 Å². The van der Waals surface area contributed by atoms with Crippen molar-refractivity contribution in [1.82, 2.24) is 0 Å². The third-order valence-electron chi connectivity index (χ3n) is 2.63. The van der Waals surface area contributed by atoms with Crippen molar-refractivity contribution in [3.8, 4) is 17.6 Å². The van der Waals surface area contributed by atoms with Crippen LogP contribution in [0, 0.1) is 17.7 Å². The zero-order valence-electron chi connectivity index (χ0n) is 11.0. The molecule has 0 atom stereocenters. The highest BCUT2D eigenvalue weighted by Crippen LogP contribution is 2.18. The number of ether oxygens (including phenoxy) is 1. The number of rotatable bonds is 4. The average molecular weight is 270 g/mol. The molecule has 0 unspecified atom stereocenters. The topological polar surface area (TPSA) is 29.5 Å². The van der Waals surface area contributed by atoms with Gasteiger partial charge in [0.2, 0.25) is 0 Å². The molecular weight excluding hydrogens is 255 g/mol. The maximum Gasteiger partial charge on any atom is 0.135 e. The molecule has 0 saturated heterocycles. The van der Waals surface area contributed by atoms with Gasteiger partial charge in [0, 0.05) is 6.42 Å². The standard InChI is InChI=1S/C17H15FO2/c18-16-9-5-6-14(12-16)13-20-17-10-2-1-7-15(17)8-3-4-11-19/h1-2,5-7,9-10,12,19H,4,11,13H2. The second-order valence-corrected chi connectivity index (χ2v) is 4.19. The summed E-state index contributed by atoms with van der Waals surface area (Å²) in [4.78, 5) is 0. The lowest BCUT2D eigenvalue weighted by molar-refractivity contribution is 0.304. The van der Waals surface area contributed by atoms with Gasteiger partial charge in [-0.25, -0.2) is 4.39 Å². The highest BCUT2D eigenvalue weighted by Gasteiger charge is 2.01. The molecule has 2 rings (SSSR count). The molecule has 0 aromatic heterocycles. The summed E-state index contributed by atoms with van der Waals surface area (Å²) in [6.45, 7) is 0.329. The maximum atomic E-state index is 13.1. The Morgan fingerprint density at radius 2 is 1.95 bits per heavy atom. The average Bonchev–Trinajstić information content (AvgIpc) is 2.47. The van der Waals surface area contributed by atoms with E-state index in [1.165, 1.54) is 12.1 Å². The van der Waals surface area contributed by atoms with E-state index in [9.17, 15) is 4.39 Å². The molecule has 102 valence electrons. The molecule has 0 radical (unpaired) electrons. The number of aliphatic hydroxyl groups is 1. The van der Waals surface area contributed by atoms with Gasteiger partial charge >= 0.3 is 0 Å². The van der Waals surface area contributed by atoms with Crippen LogP contribution in [0.2, 0.25) is 0 Å². The van der Waals surface area contributed by atoms with E-state index in [1.54, 1.807) is 6.07 Å². The largest absolute Gasteiger partial charge is 0.488 e. The first-order valence-electron chi connectivity index (χ1n) is 6.35. The van der Waals surface area contributed by atoms with Crippen molar-refractivity contribution in [2.24, 2.45) is 0 Å². The van der Waals surface area contributed by atoms with E-state index in [1.807, 2.05) is 30.3 Å². The molecule has 2 nitrogen and oxygen atoms in total. The Morgan fingerprint density at radius 1 is 1.10 bits per heavy atom. The summed E-state index contributed by atoms with van der Waals surface area (Å²) in [6, 6.07) is 13.7. The number of hydrogen-bond donors (Lipinski definition) is 1. The van der Waals surface area contributed by atoms with Gasteiger partial charge < -0.3 is 9.84 Å². The van der Waals surface area contributed by atoms with Crippen LogP contribution in [-0.2, 0) is 6.61 Å². The number of halogens is 1. The number of para-hydroxylation sites is 1. The van der Waals surface area contributed by atoms with Crippen molar-refractivity contribution in [2.45, 2.75) is 13.0 Å². The van der Waals surface area contributed by atoms with Crippen LogP contribution >= 0.6 is 0 Å².